The molecule has 0 amide bonds. The Labute approximate surface area is 133 Å². The zero-order valence-corrected chi connectivity index (χ0v) is 13.0. The standard InChI is InChI=1S/C16H14Cl3F/c17-10-13(7-11-1-4-14(18)5-2-11)8-12-3-6-16(20)15(19)9-12/h1-6,9,13H,7-8,10H2. The lowest BCUT2D eigenvalue weighted by Crippen LogP contribution is -2.10. The van der Waals surface area contributed by atoms with Crippen molar-refractivity contribution in [2.24, 2.45) is 5.92 Å². The van der Waals surface area contributed by atoms with Crippen LogP contribution in [0.1, 0.15) is 11.1 Å². The zero-order valence-electron chi connectivity index (χ0n) is 10.8. The van der Waals surface area contributed by atoms with Gasteiger partial charge in [0.2, 0.25) is 0 Å². The van der Waals surface area contributed by atoms with Gasteiger partial charge in [0, 0.05) is 10.9 Å². The summed E-state index contributed by atoms with van der Waals surface area (Å²) in [5.41, 5.74) is 2.18. The van der Waals surface area contributed by atoms with E-state index in [0.29, 0.717) is 5.88 Å². The molecule has 0 aromatic heterocycles. The topological polar surface area (TPSA) is 0 Å². The van der Waals surface area contributed by atoms with Gasteiger partial charge in [0.05, 0.1) is 5.02 Å². The van der Waals surface area contributed by atoms with Crippen molar-refractivity contribution in [3.05, 3.63) is 69.5 Å². The predicted molar refractivity (Wildman–Crippen MR) is 84.5 cm³/mol. The minimum absolute atomic E-state index is 0.155. The molecule has 20 heavy (non-hydrogen) atoms. The Kier molecular flexibility index (Phi) is 5.71. The number of hydrogen-bond acceptors (Lipinski definition) is 0. The number of hydrogen-bond donors (Lipinski definition) is 0. The maximum atomic E-state index is 13.1. The largest absolute Gasteiger partial charge is 0.205 e. The van der Waals surface area contributed by atoms with Crippen molar-refractivity contribution in [2.75, 3.05) is 5.88 Å². The molecule has 4 heteroatoms. The first-order valence-corrected chi connectivity index (χ1v) is 7.62. The van der Waals surface area contributed by atoms with E-state index in [1.54, 1.807) is 12.1 Å². The third-order valence-electron chi connectivity index (χ3n) is 3.16. The number of alkyl halides is 1. The van der Waals surface area contributed by atoms with Crippen LogP contribution in [-0.4, -0.2) is 5.88 Å². The third-order valence-corrected chi connectivity index (χ3v) is 4.14. The van der Waals surface area contributed by atoms with Gasteiger partial charge in [-0.05, 0) is 54.2 Å². The van der Waals surface area contributed by atoms with Crippen LogP contribution in [0.4, 0.5) is 4.39 Å². The van der Waals surface area contributed by atoms with Gasteiger partial charge in [-0.25, -0.2) is 4.39 Å². The molecule has 0 aliphatic carbocycles. The summed E-state index contributed by atoms with van der Waals surface area (Å²) in [6.45, 7) is 0. The van der Waals surface area contributed by atoms with Crippen molar-refractivity contribution in [3.63, 3.8) is 0 Å². The molecule has 0 saturated carbocycles. The third kappa shape index (κ3) is 4.37. The van der Waals surface area contributed by atoms with E-state index in [0.717, 1.165) is 23.4 Å². The van der Waals surface area contributed by atoms with Gasteiger partial charge in [-0.2, -0.15) is 0 Å². The molecule has 2 aromatic carbocycles. The van der Waals surface area contributed by atoms with Crippen molar-refractivity contribution in [1.82, 2.24) is 0 Å². The van der Waals surface area contributed by atoms with Crippen LogP contribution in [0.15, 0.2) is 42.5 Å². The zero-order chi connectivity index (χ0) is 14.5. The summed E-state index contributed by atoms with van der Waals surface area (Å²) >= 11 is 17.7. The Balaban J connectivity index is 2.04. The van der Waals surface area contributed by atoms with Crippen molar-refractivity contribution < 1.29 is 4.39 Å². The highest BCUT2D eigenvalue weighted by Crippen LogP contribution is 2.21. The molecule has 1 atom stereocenters. The summed E-state index contributed by atoms with van der Waals surface area (Å²) in [5, 5.41) is 0.879. The van der Waals surface area contributed by atoms with Gasteiger partial charge in [0.15, 0.2) is 0 Å². The highest BCUT2D eigenvalue weighted by Gasteiger charge is 2.11. The molecule has 2 aromatic rings. The van der Waals surface area contributed by atoms with Gasteiger partial charge in [-0.15, -0.1) is 11.6 Å². The van der Waals surface area contributed by atoms with E-state index in [1.807, 2.05) is 24.3 Å². The predicted octanol–water partition coefficient (Wildman–Crippen LogP) is 5.77. The van der Waals surface area contributed by atoms with Gasteiger partial charge in [0.25, 0.3) is 0 Å². The Hall–Kier alpha value is -0.760. The fourth-order valence-electron chi connectivity index (χ4n) is 2.14. The normalized spacial score (nSPS) is 12.4. The molecule has 1 unspecified atom stereocenters. The summed E-state index contributed by atoms with van der Waals surface area (Å²) in [7, 11) is 0. The van der Waals surface area contributed by atoms with E-state index in [2.05, 4.69) is 0 Å². The molecule has 0 N–H and O–H groups in total. The van der Waals surface area contributed by atoms with Crippen LogP contribution in [0, 0.1) is 11.7 Å². The number of halogens is 4. The van der Waals surface area contributed by atoms with E-state index in [1.165, 1.54) is 11.6 Å². The first-order valence-electron chi connectivity index (χ1n) is 6.33. The molecule has 0 aliphatic heterocycles. The molecule has 106 valence electrons. The van der Waals surface area contributed by atoms with E-state index < -0.39 is 5.82 Å². The molecule has 0 bridgehead atoms. The summed E-state index contributed by atoms with van der Waals surface area (Å²) in [4.78, 5) is 0. The summed E-state index contributed by atoms with van der Waals surface area (Å²) in [5.74, 6) is 0.423. The maximum absolute atomic E-state index is 13.1. The monoisotopic (exact) mass is 330 g/mol. The van der Waals surface area contributed by atoms with Crippen LogP contribution in [0.5, 0.6) is 0 Å². The Morgan fingerprint density at radius 2 is 1.50 bits per heavy atom. The van der Waals surface area contributed by atoms with Crippen LogP contribution in [0.2, 0.25) is 10.0 Å². The highest BCUT2D eigenvalue weighted by molar-refractivity contribution is 6.31. The van der Waals surface area contributed by atoms with E-state index in [4.69, 9.17) is 34.8 Å². The Bertz CT molecular complexity index is 566. The van der Waals surface area contributed by atoms with Crippen LogP contribution >= 0.6 is 34.8 Å². The van der Waals surface area contributed by atoms with Gasteiger partial charge in [0.1, 0.15) is 5.82 Å². The lowest BCUT2D eigenvalue weighted by Gasteiger charge is -2.14. The van der Waals surface area contributed by atoms with Crippen molar-refractivity contribution in [3.8, 4) is 0 Å². The lowest BCUT2D eigenvalue weighted by molar-refractivity contribution is 0.581. The van der Waals surface area contributed by atoms with Crippen LogP contribution in [-0.2, 0) is 12.8 Å². The molecule has 0 aliphatic rings. The van der Waals surface area contributed by atoms with Crippen LogP contribution in [0.3, 0.4) is 0 Å². The first kappa shape index (κ1) is 15.6. The van der Waals surface area contributed by atoms with Crippen LogP contribution in [0.25, 0.3) is 0 Å². The highest BCUT2D eigenvalue weighted by atomic mass is 35.5. The SMILES string of the molecule is Fc1ccc(CC(CCl)Cc2ccc(Cl)cc2)cc1Cl. The smallest absolute Gasteiger partial charge is 0.141 e. The lowest BCUT2D eigenvalue weighted by atomic mass is 9.94. The summed E-state index contributed by atoms with van der Waals surface area (Å²) in [6.07, 6.45) is 1.63. The first-order chi connectivity index (χ1) is 9.58. The molecule has 0 spiro atoms. The molecule has 2 rings (SSSR count). The van der Waals surface area contributed by atoms with Gasteiger partial charge in [-0.3, -0.25) is 0 Å². The average molecular weight is 332 g/mol. The summed E-state index contributed by atoms with van der Waals surface area (Å²) < 4.78 is 13.1. The Morgan fingerprint density at radius 3 is 2.10 bits per heavy atom. The molecular weight excluding hydrogens is 318 g/mol. The molecule has 0 nitrogen and oxygen atoms in total. The van der Waals surface area contributed by atoms with Crippen LogP contribution < -0.4 is 0 Å². The molecular formula is C16H14Cl3F. The van der Waals surface area contributed by atoms with Crippen molar-refractivity contribution in [2.45, 2.75) is 12.8 Å². The fraction of sp³-hybridized carbons (Fsp3) is 0.250. The van der Waals surface area contributed by atoms with E-state index in [9.17, 15) is 4.39 Å². The van der Waals surface area contributed by atoms with E-state index in [-0.39, 0.29) is 10.9 Å². The second-order valence-corrected chi connectivity index (χ2v) is 5.96. The maximum Gasteiger partial charge on any atom is 0.141 e. The second-order valence-electron chi connectivity index (χ2n) is 4.80. The fourth-order valence-corrected chi connectivity index (χ4v) is 2.68. The summed E-state index contributed by atoms with van der Waals surface area (Å²) in [6, 6.07) is 12.6. The minimum Gasteiger partial charge on any atom is -0.205 e. The average Bonchev–Trinajstić information content (AvgIpc) is 2.44. The van der Waals surface area contributed by atoms with Gasteiger partial charge >= 0.3 is 0 Å². The van der Waals surface area contributed by atoms with Crippen molar-refractivity contribution in [1.29, 1.82) is 0 Å². The Morgan fingerprint density at radius 1 is 0.900 bits per heavy atom. The number of benzene rings is 2. The molecule has 0 fully saturated rings. The molecule has 0 radical (unpaired) electrons. The van der Waals surface area contributed by atoms with Crippen molar-refractivity contribution >= 4 is 34.8 Å². The minimum atomic E-state index is -0.393. The van der Waals surface area contributed by atoms with E-state index >= 15 is 0 Å². The molecule has 0 heterocycles. The van der Waals surface area contributed by atoms with Gasteiger partial charge < -0.3 is 0 Å². The molecule has 0 saturated heterocycles. The second kappa shape index (κ2) is 7.31. The number of rotatable bonds is 5. The quantitative estimate of drug-likeness (QED) is 0.610. The van der Waals surface area contributed by atoms with Gasteiger partial charge in [-0.1, -0.05) is 41.4 Å².